The summed E-state index contributed by atoms with van der Waals surface area (Å²) in [7, 11) is 0. The first-order valence-corrected chi connectivity index (χ1v) is 4.38. The van der Waals surface area contributed by atoms with Gasteiger partial charge in [0.1, 0.15) is 0 Å². The van der Waals surface area contributed by atoms with E-state index in [1.54, 1.807) is 0 Å². The summed E-state index contributed by atoms with van der Waals surface area (Å²) in [6.45, 7) is 5.80. The molecule has 0 saturated heterocycles. The third-order valence-electron chi connectivity index (χ3n) is 2.60. The molecule has 3 nitrogen and oxygen atoms in total. The zero-order valence-corrected chi connectivity index (χ0v) is 8.13. The van der Waals surface area contributed by atoms with Crippen molar-refractivity contribution in [1.82, 2.24) is 5.32 Å². The van der Waals surface area contributed by atoms with Crippen LogP contribution in [0.1, 0.15) is 20.8 Å². The van der Waals surface area contributed by atoms with Crippen LogP contribution in [-0.4, -0.2) is 12.1 Å². The van der Waals surface area contributed by atoms with Crippen molar-refractivity contribution in [1.29, 1.82) is 10.5 Å². The largest absolute Gasteiger partial charge is 0.305 e. The van der Waals surface area contributed by atoms with Crippen molar-refractivity contribution >= 4 is 0 Å². The minimum Gasteiger partial charge on any atom is -0.305 e. The van der Waals surface area contributed by atoms with Crippen molar-refractivity contribution in [3.05, 3.63) is 11.1 Å². The van der Waals surface area contributed by atoms with Gasteiger partial charge in [-0.1, -0.05) is 0 Å². The summed E-state index contributed by atoms with van der Waals surface area (Å²) in [6, 6.07) is 4.58. The van der Waals surface area contributed by atoms with E-state index >= 15 is 0 Å². The van der Waals surface area contributed by atoms with Crippen LogP contribution >= 0.6 is 0 Å². The Hall–Kier alpha value is -1.32. The van der Waals surface area contributed by atoms with E-state index in [2.05, 4.69) is 17.5 Å². The highest BCUT2D eigenvalue weighted by molar-refractivity contribution is 5.38. The van der Waals surface area contributed by atoms with Gasteiger partial charge in [0.25, 0.3) is 0 Å². The quantitative estimate of drug-likeness (QED) is 0.604. The molecule has 0 aromatic rings. The minimum absolute atomic E-state index is 0.0737. The van der Waals surface area contributed by atoms with Crippen molar-refractivity contribution in [2.24, 2.45) is 5.92 Å². The Morgan fingerprint density at radius 1 is 1.31 bits per heavy atom. The Labute approximate surface area is 78.7 Å². The summed E-state index contributed by atoms with van der Waals surface area (Å²) in [4.78, 5) is 0. The summed E-state index contributed by atoms with van der Waals surface area (Å²) in [5.41, 5.74) is 1.63. The van der Waals surface area contributed by atoms with Gasteiger partial charge < -0.3 is 5.32 Å². The predicted octanol–water partition coefficient (Wildman–Crippen LogP) is 1.35. The van der Waals surface area contributed by atoms with Crippen LogP contribution in [0.25, 0.3) is 0 Å². The molecule has 0 amide bonds. The Morgan fingerprint density at radius 2 is 1.92 bits per heavy atom. The number of nitriles is 2. The molecule has 0 spiro atoms. The van der Waals surface area contributed by atoms with Crippen LogP contribution in [0.15, 0.2) is 11.1 Å². The molecular formula is C10H13N3. The molecule has 3 atom stereocenters. The topological polar surface area (TPSA) is 59.6 Å². The van der Waals surface area contributed by atoms with Crippen molar-refractivity contribution in [2.75, 3.05) is 0 Å². The first kappa shape index (κ1) is 9.77. The van der Waals surface area contributed by atoms with Crippen LogP contribution in [0, 0.1) is 28.6 Å². The van der Waals surface area contributed by atoms with Gasteiger partial charge >= 0.3 is 0 Å². The molecule has 3 unspecified atom stereocenters. The third-order valence-corrected chi connectivity index (χ3v) is 2.60. The third kappa shape index (κ3) is 1.56. The second-order valence-corrected chi connectivity index (χ2v) is 3.49. The van der Waals surface area contributed by atoms with Gasteiger partial charge in [0.15, 0.2) is 0 Å². The molecule has 0 aromatic carbocycles. The smallest absolute Gasteiger partial charge is 0.0963 e. The SMILES string of the molecule is CC1=C(C#N)C(C)NC(C)C1C#N. The van der Waals surface area contributed by atoms with Crippen LogP contribution in [0.3, 0.4) is 0 Å². The fraction of sp³-hybridized carbons (Fsp3) is 0.600. The van der Waals surface area contributed by atoms with E-state index in [9.17, 15) is 0 Å². The molecule has 0 bridgehead atoms. The normalized spacial score (nSPS) is 33.8. The second kappa shape index (κ2) is 3.60. The second-order valence-electron chi connectivity index (χ2n) is 3.49. The van der Waals surface area contributed by atoms with Crippen LogP contribution in [0.4, 0.5) is 0 Å². The lowest BCUT2D eigenvalue weighted by Gasteiger charge is -2.31. The fourth-order valence-corrected chi connectivity index (χ4v) is 1.85. The number of rotatable bonds is 0. The molecule has 1 rings (SSSR count). The zero-order valence-electron chi connectivity index (χ0n) is 8.13. The Kier molecular flexibility index (Phi) is 2.70. The molecule has 68 valence electrons. The average molecular weight is 175 g/mol. The van der Waals surface area contributed by atoms with Gasteiger partial charge in [-0.05, 0) is 26.3 Å². The van der Waals surface area contributed by atoms with Crippen LogP contribution in [-0.2, 0) is 0 Å². The molecule has 13 heavy (non-hydrogen) atoms. The molecule has 3 heteroatoms. The van der Waals surface area contributed by atoms with Crippen LogP contribution in [0.5, 0.6) is 0 Å². The van der Waals surface area contributed by atoms with Gasteiger partial charge in [0.2, 0.25) is 0 Å². The highest BCUT2D eigenvalue weighted by atomic mass is 15.0. The van der Waals surface area contributed by atoms with E-state index < -0.39 is 0 Å². The molecule has 0 saturated carbocycles. The molecule has 0 fully saturated rings. The molecule has 1 N–H and O–H groups in total. The van der Waals surface area contributed by atoms with Crippen LogP contribution in [0.2, 0.25) is 0 Å². The van der Waals surface area contributed by atoms with E-state index in [-0.39, 0.29) is 18.0 Å². The molecule has 0 radical (unpaired) electrons. The van der Waals surface area contributed by atoms with Crippen molar-refractivity contribution in [3.63, 3.8) is 0 Å². The number of hydrogen-bond donors (Lipinski definition) is 1. The van der Waals surface area contributed by atoms with E-state index in [1.807, 2.05) is 20.8 Å². The van der Waals surface area contributed by atoms with Gasteiger partial charge in [0, 0.05) is 17.7 Å². The molecule has 0 aliphatic carbocycles. The summed E-state index contributed by atoms with van der Waals surface area (Å²) in [5, 5.41) is 21.0. The van der Waals surface area contributed by atoms with Gasteiger partial charge in [0.05, 0.1) is 18.1 Å². The predicted molar refractivity (Wildman–Crippen MR) is 49.5 cm³/mol. The average Bonchev–Trinajstić information content (AvgIpc) is 2.04. The van der Waals surface area contributed by atoms with Crippen molar-refractivity contribution < 1.29 is 0 Å². The lowest BCUT2D eigenvalue weighted by molar-refractivity contribution is 0.420. The summed E-state index contributed by atoms with van der Waals surface area (Å²) >= 11 is 0. The molecule has 0 aromatic heterocycles. The molecular weight excluding hydrogens is 162 g/mol. The lowest BCUT2D eigenvalue weighted by atomic mass is 9.84. The summed E-state index contributed by atoms with van der Waals surface area (Å²) < 4.78 is 0. The number of nitrogens with zero attached hydrogens (tertiary/aromatic N) is 2. The van der Waals surface area contributed by atoms with Gasteiger partial charge in [-0.2, -0.15) is 10.5 Å². The lowest BCUT2D eigenvalue weighted by Crippen LogP contribution is -2.45. The van der Waals surface area contributed by atoms with Crippen molar-refractivity contribution in [3.8, 4) is 12.1 Å². The maximum absolute atomic E-state index is 8.90. The first-order chi connectivity index (χ1) is 6.11. The highest BCUT2D eigenvalue weighted by Crippen LogP contribution is 2.25. The van der Waals surface area contributed by atoms with Crippen LogP contribution < -0.4 is 5.32 Å². The first-order valence-electron chi connectivity index (χ1n) is 4.38. The van der Waals surface area contributed by atoms with Gasteiger partial charge in [-0.15, -0.1) is 0 Å². The number of hydrogen-bond acceptors (Lipinski definition) is 3. The Balaban J connectivity index is 3.11. The fourth-order valence-electron chi connectivity index (χ4n) is 1.85. The highest BCUT2D eigenvalue weighted by Gasteiger charge is 2.29. The zero-order chi connectivity index (χ0) is 10.0. The van der Waals surface area contributed by atoms with Gasteiger partial charge in [-0.25, -0.2) is 0 Å². The molecule has 1 aliphatic heterocycles. The standard InChI is InChI=1S/C10H13N3/c1-6-9(4-11)7(2)13-8(3)10(6)5-12/h7-9,13H,1-3H3. The van der Waals surface area contributed by atoms with E-state index in [4.69, 9.17) is 10.5 Å². The number of nitrogens with one attached hydrogen (secondary N) is 1. The summed E-state index contributed by atoms with van der Waals surface area (Å²) in [5.74, 6) is -0.161. The van der Waals surface area contributed by atoms with Crippen molar-refractivity contribution in [2.45, 2.75) is 32.9 Å². The Morgan fingerprint density at radius 3 is 2.38 bits per heavy atom. The minimum atomic E-state index is -0.161. The molecule has 1 aliphatic rings. The van der Waals surface area contributed by atoms with Gasteiger partial charge in [-0.3, -0.25) is 0 Å². The maximum Gasteiger partial charge on any atom is 0.0963 e. The maximum atomic E-state index is 8.90. The Bertz CT molecular complexity index is 316. The monoisotopic (exact) mass is 175 g/mol. The molecule has 1 heterocycles. The summed E-state index contributed by atoms with van der Waals surface area (Å²) in [6.07, 6.45) is 0. The van der Waals surface area contributed by atoms with E-state index in [0.29, 0.717) is 5.57 Å². The van der Waals surface area contributed by atoms with E-state index in [1.165, 1.54) is 0 Å². The van der Waals surface area contributed by atoms with E-state index in [0.717, 1.165) is 5.57 Å².